The van der Waals surface area contributed by atoms with Gasteiger partial charge in [-0.05, 0) is 62.5 Å². The lowest BCUT2D eigenvalue weighted by Gasteiger charge is -2.27. The quantitative estimate of drug-likeness (QED) is 0.168. The van der Waals surface area contributed by atoms with Crippen LogP contribution in [0.15, 0.2) is 59.8 Å². The number of benzene rings is 1. The Labute approximate surface area is 247 Å². The Morgan fingerprint density at radius 3 is 2.80 bits per heavy atom. The summed E-state index contributed by atoms with van der Waals surface area (Å²) in [6.45, 7) is 3.41. The number of ether oxygens (including phenoxy) is 3. The van der Waals surface area contributed by atoms with E-state index < -0.39 is 0 Å². The van der Waals surface area contributed by atoms with Crippen molar-refractivity contribution in [2.75, 3.05) is 32.2 Å². The van der Waals surface area contributed by atoms with Crippen LogP contribution in [0.25, 0.3) is 16.4 Å². The van der Waals surface area contributed by atoms with Gasteiger partial charge < -0.3 is 23.7 Å². The Bertz CT molecular complexity index is 1490. The van der Waals surface area contributed by atoms with E-state index in [1.807, 2.05) is 30.3 Å². The molecule has 9 nitrogen and oxygen atoms in total. The zero-order chi connectivity index (χ0) is 28.3. The minimum absolute atomic E-state index is 0.250. The predicted octanol–water partition coefficient (Wildman–Crippen LogP) is 5.91. The van der Waals surface area contributed by atoms with Crippen LogP contribution in [0.4, 0.5) is 5.82 Å². The van der Waals surface area contributed by atoms with Crippen molar-refractivity contribution in [2.45, 2.75) is 43.5 Å². The number of anilines is 1. The number of hydrogen-bond donors (Lipinski definition) is 1. The fourth-order valence-electron chi connectivity index (χ4n) is 3.83. The van der Waals surface area contributed by atoms with Gasteiger partial charge in [-0.2, -0.15) is 0 Å². The summed E-state index contributed by atoms with van der Waals surface area (Å²) < 4.78 is 23.9. The molecular formula is C30H31N5O4S2. The number of aryl methyl sites for hydroxylation is 1. The lowest BCUT2D eigenvalue weighted by Crippen LogP contribution is -2.34. The van der Waals surface area contributed by atoms with Crippen molar-refractivity contribution in [1.82, 2.24) is 19.9 Å². The number of thiazole rings is 1. The minimum atomic E-state index is -0.314. The summed E-state index contributed by atoms with van der Waals surface area (Å²) in [6, 6.07) is 11.9. The molecule has 1 aliphatic rings. The van der Waals surface area contributed by atoms with Gasteiger partial charge in [-0.15, -0.1) is 0 Å². The second kappa shape index (κ2) is 14.9. The molecule has 11 heteroatoms. The van der Waals surface area contributed by atoms with E-state index in [0.29, 0.717) is 30.6 Å². The zero-order valence-corrected chi connectivity index (χ0v) is 24.5. The van der Waals surface area contributed by atoms with E-state index in [2.05, 4.69) is 56.2 Å². The Balaban J connectivity index is 1.17. The third-order valence-electron chi connectivity index (χ3n) is 5.99. The van der Waals surface area contributed by atoms with Gasteiger partial charge in [0.05, 0.1) is 19.0 Å². The molecule has 0 amide bonds. The number of hydrogen-bond acceptors (Lipinski definition) is 11. The molecule has 4 heterocycles. The maximum absolute atomic E-state index is 6.20. The lowest BCUT2D eigenvalue weighted by atomic mass is 10.2. The smallest absolute Gasteiger partial charge is 0.214 e. The molecule has 5 rings (SSSR count). The minimum Gasteiger partial charge on any atom is -0.475 e. The van der Waals surface area contributed by atoms with E-state index in [9.17, 15) is 0 Å². The van der Waals surface area contributed by atoms with Crippen molar-refractivity contribution in [1.29, 1.82) is 0 Å². The summed E-state index contributed by atoms with van der Waals surface area (Å²) in [5, 5.41) is 3.73. The topological polar surface area (TPSA) is 101 Å². The number of fused-ring (bicyclic) bond motifs is 1. The fourth-order valence-corrected chi connectivity index (χ4v) is 5.26. The van der Waals surface area contributed by atoms with Crippen LogP contribution in [0.5, 0.6) is 5.88 Å². The van der Waals surface area contributed by atoms with E-state index in [0.717, 1.165) is 39.5 Å². The summed E-state index contributed by atoms with van der Waals surface area (Å²) in [5.74, 6) is 7.13. The van der Waals surface area contributed by atoms with Gasteiger partial charge in [-0.3, -0.25) is 0 Å². The second-order valence-corrected chi connectivity index (χ2v) is 11.1. The van der Waals surface area contributed by atoms with Gasteiger partial charge in [0.25, 0.3) is 0 Å². The highest BCUT2D eigenvalue weighted by Gasteiger charge is 2.21. The molecule has 1 aromatic carbocycles. The van der Waals surface area contributed by atoms with Gasteiger partial charge in [-0.25, -0.2) is 19.9 Å². The highest BCUT2D eigenvalue weighted by Crippen LogP contribution is 2.25. The Hall–Kier alpha value is -3.53. The van der Waals surface area contributed by atoms with Crippen molar-refractivity contribution in [2.24, 2.45) is 0 Å². The second-order valence-electron chi connectivity index (χ2n) is 9.21. The molecule has 0 radical (unpaired) electrons. The van der Waals surface area contributed by atoms with Crippen LogP contribution in [0.2, 0.25) is 0 Å². The monoisotopic (exact) mass is 589 g/mol. The summed E-state index contributed by atoms with van der Waals surface area (Å²) in [4.78, 5) is 19.5. The highest BCUT2D eigenvalue weighted by atomic mass is 32.2. The standard InChI is InChI=1S/C30H31N5O4S2/c1-21-10-12-24(13-11-21)41-38-20-23(39-29-9-5-6-16-36-29)19-37-27-15-14-25-30(35-27)40-28(34-25)8-4-3-7-22-17-33-26(31-2)18-32-22/h4,8,10-15,17-18,23,29H,5-6,9,16,19-20H2,1-2H3,(H,31,33)/b8-4+. The Morgan fingerprint density at radius 2 is 2.02 bits per heavy atom. The van der Waals surface area contributed by atoms with Crippen LogP contribution in [0, 0.1) is 18.8 Å². The van der Waals surface area contributed by atoms with Crippen molar-refractivity contribution in [3.63, 3.8) is 0 Å². The molecule has 2 unspecified atom stereocenters. The zero-order valence-electron chi connectivity index (χ0n) is 22.9. The van der Waals surface area contributed by atoms with Gasteiger partial charge >= 0.3 is 0 Å². The van der Waals surface area contributed by atoms with E-state index in [1.54, 1.807) is 25.5 Å². The first kappa shape index (κ1) is 29.0. The van der Waals surface area contributed by atoms with Crippen LogP contribution in [0.1, 0.15) is 35.5 Å². The Kier molecular flexibility index (Phi) is 10.5. The first-order chi connectivity index (χ1) is 20.1. The maximum Gasteiger partial charge on any atom is 0.214 e. The first-order valence-electron chi connectivity index (χ1n) is 13.4. The van der Waals surface area contributed by atoms with E-state index >= 15 is 0 Å². The maximum atomic E-state index is 6.20. The average molecular weight is 590 g/mol. The molecule has 0 spiro atoms. The third kappa shape index (κ3) is 8.98. The largest absolute Gasteiger partial charge is 0.475 e. The number of rotatable bonds is 11. The van der Waals surface area contributed by atoms with Gasteiger partial charge in [0, 0.05) is 36.7 Å². The molecule has 0 saturated carbocycles. The van der Waals surface area contributed by atoms with E-state index in [4.69, 9.17) is 18.4 Å². The van der Waals surface area contributed by atoms with Crippen LogP contribution in [0.3, 0.4) is 0 Å². The van der Waals surface area contributed by atoms with Gasteiger partial charge in [-0.1, -0.05) is 35.0 Å². The average Bonchev–Trinajstić information content (AvgIpc) is 3.42. The van der Waals surface area contributed by atoms with Crippen LogP contribution < -0.4 is 10.1 Å². The molecule has 1 N–H and O–H groups in total. The lowest BCUT2D eigenvalue weighted by molar-refractivity contribution is -0.197. The molecule has 3 aromatic heterocycles. The molecule has 41 heavy (non-hydrogen) atoms. The Morgan fingerprint density at radius 1 is 1.12 bits per heavy atom. The number of nitrogens with one attached hydrogen (secondary N) is 1. The van der Waals surface area contributed by atoms with Gasteiger partial charge in [0.2, 0.25) is 5.88 Å². The summed E-state index contributed by atoms with van der Waals surface area (Å²) in [6.07, 6.45) is 9.31. The number of allylic oxidation sites excluding steroid dienone is 1. The van der Waals surface area contributed by atoms with Crippen molar-refractivity contribution in [3.05, 3.63) is 71.1 Å². The molecule has 1 fully saturated rings. The number of pyridine rings is 1. The molecule has 4 aromatic rings. The molecule has 2 atom stereocenters. The number of aromatic nitrogens is 4. The molecule has 1 saturated heterocycles. The molecule has 0 bridgehead atoms. The van der Waals surface area contributed by atoms with Gasteiger partial charge in [0.15, 0.2) is 6.29 Å². The SMILES string of the molecule is CNc1cnc(C#C/C=C/c2nc3ccc(OCC(COSc4ccc(C)cc4)OC4CCCCO4)nc3s2)cn1. The van der Waals surface area contributed by atoms with Crippen molar-refractivity contribution < 1.29 is 18.4 Å². The van der Waals surface area contributed by atoms with Crippen molar-refractivity contribution in [3.8, 4) is 17.7 Å². The van der Waals surface area contributed by atoms with Crippen molar-refractivity contribution >= 4 is 45.6 Å². The van der Waals surface area contributed by atoms with E-state index in [-0.39, 0.29) is 19.0 Å². The molecule has 1 aliphatic heterocycles. The summed E-state index contributed by atoms with van der Waals surface area (Å²) >= 11 is 2.80. The molecule has 212 valence electrons. The fraction of sp³-hybridized carbons (Fsp3) is 0.333. The predicted molar refractivity (Wildman–Crippen MR) is 162 cm³/mol. The summed E-state index contributed by atoms with van der Waals surface area (Å²) in [5.41, 5.74) is 2.60. The van der Waals surface area contributed by atoms with Crippen LogP contribution >= 0.6 is 23.4 Å². The normalized spacial score (nSPS) is 15.9. The van der Waals surface area contributed by atoms with Gasteiger partial charge in [0.1, 0.15) is 39.6 Å². The molecule has 0 aliphatic carbocycles. The van der Waals surface area contributed by atoms with E-state index in [1.165, 1.54) is 28.9 Å². The third-order valence-corrected chi connectivity index (χ3v) is 7.64. The first-order valence-corrected chi connectivity index (χ1v) is 14.9. The van der Waals surface area contributed by atoms with Crippen LogP contribution in [-0.2, 0) is 13.7 Å². The van der Waals surface area contributed by atoms with Crippen LogP contribution in [-0.4, -0.2) is 59.2 Å². The highest BCUT2D eigenvalue weighted by molar-refractivity contribution is 7.94. The summed E-state index contributed by atoms with van der Waals surface area (Å²) in [7, 11) is 1.79. The molecular weight excluding hydrogens is 558 g/mol. The number of nitrogens with zero attached hydrogens (tertiary/aromatic N) is 4.